The van der Waals surface area contributed by atoms with Gasteiger partial charge in [0.2, 0.25) is 5.91 Å². The van der Waals surface area contributed by atoms with E-state index >= 15 is 0 Å². The lowest BCUT2D eigenvalue weighted by molar-refractivity contribution is -0.611. The molecule has 8 heteroatoms. The van der Waals surface area contributed by atoms with E-state index in [1.165, 1.54) is 10.9 Å². The van der Waals surface area contributed by atoms with Crippen LogP contribution in [0.5, 0.6) is 0 Å². The Labute approximate surface area is 238 Å². The van der Waals surface area contributed by atoms with Crippen LogP contribution in [0.1, 0.15) is 38.8 Å². The van der Waals surface area contributed by atoms with Gasteiger partial charge in [-0.25, -0.2) is 0 Å². The lowest BCUT2D eigenvalue weighted by Crippen LogP contribution is -2.48. The summed E-state index contributed by atoms with van der Waals surface area (Å²) in [5.74, 6) is -1.23. The van der Waals surface area contributed by atoms with Crippen molar-refractivity contribution in [2.45, 2.75) is 25.8 Å². The summed E-state index contributed by atoms with van der Waals surface area (Å²) >= 11 is 0. The number of amides is 2. The molecule has 206 valence electrons. The van der Waals surface area contributed by atoms with Crippen molar-refractivity contribution in [2.75, 3.05) is 5.32 Å². The zero-order valence-corrected chi connectivity index (χ0v) is 23.1. The molecule has 0 aliphatic carbocycles. The van der Waals surface area contributed by atoms with E-state index in [-0.39, 0.29) is 5.91 Å². The standard InChI is InChI=1S/C33H31N5O3/c1-22-19-21-38(41)23(2)29(22)26-14-16-27(17-15-26)35-33(40)31(36-32(39)28-18-20-34-37(28)3)30(24-10-6-4-7-11-24)25-12-8-5-9-13-25/h4-21,30-31H,1-3H3,(H,35,40)(H,36,39)/t31-/m0/s1. The second-order valence-corrected chi connectivity index (χ2v) is 9.94. The molecule has 1 atom stereocenters. The van der Waals surface area contributed by atoms with Crippen LogP contribution in [-0.2, 0) is 11.8 Å². The number of carbonyl (C=O) groups is 2. The third-order valence-corrected chi connectivity index (χ3v) is 7.26. The summed E-state index contributed by atoms with van der Waals surface area (Å²) in [7, 11) is 1.68. The number of hydrogen-bond acceptors (Lipinski definition) is 4. The fourth-order valence-electron chi connectivity index (χ4n) is 5.16. The van der Waals surface area contributed by atoms with Crippen LogP contribution in [0.4, 0.5) is 5.69 Å². The number of carbonyl (C=O) groups excluding carboxylic acids is 2. The first kappa shape index (κ1) is 27.3. The molecule has 5 aromatic rings. The number of anilines is 1. The number of benzene rings is 3. The molecule has 0 fully saturated rings. The van der Waals surface area contributed by atoms with Gasteiger partial charge in [0, 0.05) is 37.8 Å². The minimum Gasteiger partial charge on any atom is -0.618 e. The van der Waals surface area contributed by atoms with Crippen molar-refractivity contribution >= 4 is 17.5 Å². The van der Waals surface area contributed by atoms with E-state index in [2.05, 4.69) is 15.7 Å². The van der Waals surface area contributed by atoms with Gasteiger partial charge in [0.15, 0.2) is 11.9 Å². The summed E-state index contributed by atoms with van der Waals surface area (Å²) in [4.78, 5) is 27.4. The Morgan fingerprint density at radius 3 is 2.02 bits per heavy atom. The van der Waals surface area contributed by atoms with E-state index in [1.54, 1.807) is 44.4 Å². The predicted octanol–water partition coefficient (Wildman–Crippen LogP) is 4.91. The molecule has 0 aliphatic rings. The zero-order valence-electron chi connectivity index (χ0n) is 23.1. The fourth-order valence-corrected chi connectivity index (χ4v) is 5.16. The SMILES string of the molecule is Cc1cc[n+]([O-])c(C)c1-c1ccc(NC(=O)[C@@H](NC(=O)c2ccnn2C)C(c2ccccc2)c2ccccc2)cc1. The molecule has 0 bridgehead atoms. The van der Waals surface area contributed by atoms with Crippen LogP contribution in [0, 0.1) is 19.1 Å². The Hall–Kier alpha value is -5.24. The van der Waals surface area contributed by atoms with Crippen LogP contribution in [0.2, 0.25) is 0 Å². The van der Waals surface area contributed by atoms with Crippen LogP contribution in [0.3, 0.4) is 0 Å². The minimum absolute atomic E-state index is 0.344. The number of nitrogens with zero attached hydrogens (tertiary/aromatic N) is 3. The van der Waals surface area contributed by atoms with E-state index in [1.807, 2.05) is 79.7 Å². The van der Waals surface area contributed by atoms with Gasteiger partial charge in [0.1, 0.15) is 11.7 Å². The third kappa shape index (κ3) is 5.86. The first-order chi connectivity index (χ1) is 19.8. The molecule has 0 spiro atoms. The van der Waals surface area contributed by atoms with Crippen LogP contribution in [0.15, 0.2) is 109 Å². The van der Waals surface area contributed by atoms with Crippen molar-refractivity contribution in [3.05, 3.63) is 143 Å². The van der Waals surface area contributed by atoms with Crippen molar-refractivity contribution in [1.29, 1.82) is 0 Å². The van der Waals surface area contributed by atoms with Gasteiger partial charge < -0.3 is 15.8 Å². The van der Waals surface area contributed by atoms with E-state index in [0.29, 0.717) is 17.1 Å². The summed E-state index contributed by atoms with van der Waals surface area (Å²) in [5.41, 5.74) is 6.01. The highest BCUT2D eigenvalue weighted by Crippen LogP contribution is 2.30. The molecular formula is C33H31N5O3. The average molecular weight is 546 g/mol. The van der Waals surface area contributed by atoms with Crippen LogP contribution in [0.25, 0.3) is 11.1 Å². The molecule has 0 aliphatic heterocycles. The Bertz CT molecular complexity index is 1630. The summed E-state index contributed by atoms with van der Waals surface area (Å²) in [5, 5.41) is 22.3. The smallest absolute Gasteiger partial charge is 0.270 e. The highest BCUT2D eigenvalue weighted by atomic mass is 16.5. The molecule has 2 amide bonds. The first-order valence-electron chi connectivity index (χ1n) is 13.3. The highest BCUT2D eigenvalue weighted by molar-refractivity contribution is 6.01. The van der Waals surface area contributed by atoms with E-state index < -0.39 is 17.9 Å². The maximum atomic E-state index is 14.0. The fraction of sp³-hybridized carbons (Fsp3) is 0.152. The molecule has 41 heavy (non-hydrogen) atoms. The Morgan fingerprint density at radius 1 is 0.854 bits per heavy atom. The summed E-state index contributed by atoms with van der Waals surface area (Å²) in [6.45, 7) is 3.74. The molecule has 0 unspecified atom stereocenters. The van der Waals surface area contributed by atoms with Gasteiger partial charge in [0.05, 0.1) is 5.56 Å². The number of aryl methyl sites for hydroxylation is 2. The van der Waals surface area contributed by atoms with Crippen molar-refractivity contribution in [1.82, 2.24) is 15.1 Å². The average Bonchev–Trinajstić information content (AvgIpc) is 3.42. The maximum absolute atomic E-state index is 14.0. The largest absolute Gasteiger partial charge is 0.618 e. The molecule has 0 radical (unpaired) electrons. The predicted molar refractivity (Wildman–Crippen MR) is 158 cm³/mol. The summed E-state index contributed by atoms with van der Waals surface area (Å²) in [6, 6.07) is 29.1. The van der Waals surface area contributed by atoms with Crippen LogP contribution >= 0.6 is 0 Å². The number of aromatic nitrogens is 3. The van der Waals surface area contributed by atoms with Gasteiger partial charge in [-0.1, -0.05) is 72.8 Å². The van der Waals surface area contributed by atoms with Crippen LogP contribution in [-0.4, -0.2) is 27.6 Å². The van der Waals surface area contributed by atoms with Crippen molar-refractivity contribution < 1.29 is 14.3 Å². The summed E-state index contributed by atoms with van der Waals surface area (Å²) < 4.78 is 2.32. The molecule has 5 rings (SSSR count). The highest BCUT2D eigenvalue weighted by Gasteiger charge is 2.33. The third-order valence-electron chi connectivity index (χ3n) is 7.26. The van der Waals surface area contributed by atoms with Gasteiger partial charge in [-0.05, 0) is 47.4 Å². The molecule has 0 saturated heterocycles. The number of hydrogen-bond donors (Lipinski definition) is 2. The molecule has 2 heterocycles. The number of rotatable bonds is 8. The Morgan fingerprint density at radius 2 is 1.46 bits per heavy atom. The maximum Gasteiger partial charge on any atom is 0.270 e. The van der Waals surface area contributed by atoms with Crippen molar-refractivity contribution in [3.63, 3.8) is 0 Å². The number of pyridine rings is 1. The monoisotopic (exact) mass is 545 g/mol. The normalized spacial score (nSPS) is 11.7. The quantitative estimate of drug-likeness (QED) is 0.214. The Kier molecular flexibility index (Phi) is 7.92. The lowest BCUT2D eigenvalue weighted by Gasteiger charge is -2.28. The minimum atomic E-state index is -0.945. The van der Waals surface area contributed by atoms with E-state index in [0.717, 1.165) is 32.5 Å². The van der Waals surface area contributed by atoms with Gasteiger partial charge in [-0.15, -0.1) is 0 Å². The van der Waals surface area contributed by atoms with E-state index in [9.17, 15) is 14.8 Å². The van der Waals surface area contributed by atoms with Crippen LogP contribution < -0.4 is 15.4 Å². The Balaban J connectivity index is 1.49. The summed E-state index contributed by atoms with van der Waals surface area (Å²) in [6.07, 6.45) is 3.04. The lowest BCUT2D eigenvalue weighted by atomic mass is 9.84. The molecule has 8 nitrogen and oxygen atoms in total. The molecular weight excluding hydrogens is 514 g/mol. The van der Waals surface area contributed by atoms with Gasteiger partial charge in [0.25, 0.3) is 5.91 Å². The molecule has 3 aromatic carbocycles. The van der Waals surface area contributed by atoms with Gasteiger partial charge >= 0.3 is 0 Å². The topological polar surface area (TPSA) is 103 Å². The second-order valence-electron chi connectivity index (χ2n) is 9.94. The van der Waals surface area contributed by atoms with E-state index in [4.69, 9.17) is 0 Å². The first-order valence-corrected chi connectivity index (χ1v) is 13.3. The van der Waals surface area contributed by atoms with Crippen molar-refractivity contribution in [3.8, 4) is 11.1 Å². The zero-order chi connectivity index (χ0) is 28.9. The van der Waals surface area contributed by atoms with Crippen molar-refractivity contribution in [2.24, 2.45) is 7.05 Å². The van der Waals surface area contributed by atoms with Gasteiger partial charge in [-0.3, -0.25) is 14.3 Å². The molecule has 2 N–H and O–H groups in total. The second kappa shape index (κ2) is 11.9. The van der Waals surface area contributed by atoms with Gasteiger partial charge in [-0.2, -0.15) is 9.83 Å². The number of nitrogens with one attached hydrogen (secondary N) is 2. The molecule has 0 saturated carbocycles. The molecule has 2 aromatic heterocycles.